The first-order valence-corrected chi connectivity index (χ1v) is 6.03. The van der Waals surface area contributed by atoms with Gasteiger partial charge < -0.3 is 21.1 Å². The van der Waals surface area contributed by atoms with Crippen molar-refractivity contribution in [2.45, 2.75) is 52.4 Å². The average molecular weight is 247 g/mol. The van der Waals surface area contributed by atoms with Crippen LogP contribution in [0.25, 0.3) is 0 Å². The van der Waals surface area contributed by atoms with Crippen LogP contribution in [0.5, 0.6) is 0 Å². The second-order valence-corrected chi connectivity index (χ2v) is 5.38. The summed E-state index contributed by atoms with van der Waals surface area (Å²) >= 11 is 0. The number of carbonyl (C=O) groups is 1. The highest BCUT2D eigenvalue weighted by Gasteiger charge is 2.36. The molecule has 0 saturated carbocycles. The van der Waals surface area contributed by atoms with Gasteiger partial charge in [0, 0.05) is 6.04 Å². The fraction of sp³-hybridized carbons (Fsp3) is 0.917. The molecule has 102 valence electrons. The summed E-state index contributed by atoms with van der Waals surface area (Å²) in [5.74, 6) is -2.08. The predicted molar refractivity (Wildman–Crippen MR) is 65.4 cm³/mol. The molecule has 0 radical (unpaired) electrons. The fourth-order valence-corrected chi connectivity index (χ4v) is 1.98. The highest BCUT2D eigenvalue weighted by Crippen LogP contribution is 2.21. The summed E-state index contributed by atoms with van der Waals surface area (Å²) in [6.07, 6.45) is -2.00. The molecule has 0 aromatic carbocycles. The Bertz CT molecular complexity index is 243. The van der Waals surface area contributed by atoms with Crippen molar-refractivity contribution in [3.05, 3.63) is 0 Å². The molecule has 5 nitrogen and oxygen atoms in total. The van der Waals surface area contributed by atoms with Gasteiger partial charge in [-0.1, -0.05) is 27.7 Å². The lowest BCUT2D eigenvalue weighted by Gasteiger charge is -2.30. The van der Waals surface area contributed by atoms with E-state index >= 15 is 0 Å². The molecule has 0 rings (SSSR count). The van der Waals surface area contributed by atoms with Crippen LogP contribution >= 0.6 is 0 Å². The molecule has 0 aliphatic rings. The molecule has 0 aromatic rings. The van der Waals surface area contributed by atoms with E-state index in [-0.39, 0.29) is 11.8 Å². The molecule has 17 heavy (non-hydrogen) atoms. The van der Waals surface area contributed by atoms with Crippen LogP contribution in [0.1, 0.15) is 34.1 Å². The van der Waals surface area contributed by atoms with Gasteiger partial charge in [-0.15, -0.1) is 0 Å². The Labute approximate surface area is 103 Å². The molecule has 0 aromatic heterocycles. The third-order valence-electron chi connectivity index (χ3n) is 2.90. The molecule has 4 atom stereocenters. The van der Waals surface area contributed by atoms with Crippen LogP contribution in [-0.2, 0) is 4.79 Å². The van der Waals surface area contributed by atoms with E-state index in [9.17, 15) is 15.0 Å². The van der Waals surface area contributed by atoms with Gasteiger partial charge in [0.15, 0.2) is 0 Å². The SMILES string of the molecule is CC(C)C[C@H](N)[C@@H](O)[C@H](O)[C@H](C(=O)O)C(C)C. The number of aliphatic hydroxyl groups is 2. The van der Waals surface area contributed by atoms with Crippen LogP contribution in [0, 0.1) is 17.8 Å². The minimum absolute atomic E-state index is 0.261. The van der Waals surface area contributed by atoms with Crippen molar-refractivity contribution in [3.8, 4) is 0 Å². The first-order valence-electron chi connectivity index (χ1n) is 6.03. The van der Waals surface area contributed by atoms with E-state index in [1.54, 1.807) is 13.8 Å². The maximum absolute atomic E-state index is 11.0. The summed E-state index contributed by atoms with van der Waals surface area (Å²) in [6.45, 7) is 7.30. The summed E-state index contributed by atoms with van der Waals surface area (Å²) < 4.78 is 0. The summed E-state index contributed by atoms with van der Waals surface area (Å²) in [6, 6.07) is -0.606. The third kappa shape index (κ3) is 5.02. The van der Waals surface area contributed by atoms with Crippen molar-refractivity contribution in [3.63, 3.8) is 0 Å². The van der Waals surface area contributed by atoms with E-state index in [1.807, 2.05) is 13.8 Å². The van der Waals surface area contributed by atoms with Crippen LogP contribution in [0.2, 0.25) is 0 Å². The lowest BCUT2D eigenvalue weighted by atomic mass is 9.84. The molecule has 0 aliphatic heterocycles. The minimum Gasteiger partial charge on any atom is -0.481 e. The van der Waals surface area contributed by atoms with Crippen LogP contribution in [0.3, 0.4) is 0 Å². The lowest BCUT2D eigenvalue weighted by Crippen LogP contribution is -2.49. The summed E-state index contributed by atoms with van der Waals surface area (Å²) in [5, 5.41) is 28.8. The molecule has 0 unspecified atom stereocenters. The molecule has 0 fully saturated rings. The summed E-state index contributed by atoms with van der Waals surface area (Å²) in [4.78, 5) is 11.0. The quantitative estimate of drug-likeness (QED) is 0.522. The normalized spacial score (nSPS) is 19.1. The number of hydrogen-bond donors (Lipinski definition) is 4. The van der Waals surface area contributed by atoms with E-state index in [2.05, 4.69) is 0 Å². The first kappa shape index (κ1) is 16.4. The Morgan fingerprint density at radius 1 is 1.12 bits per heavy atom. The van der Waals surface area contributed by atoms with E-state index in [1.165, 1.54) is 0 Å². The molecule has 0 amide bonds. The minimum atomic E-state index is -1.33. The van der Waals surface area contributed by atoms with Crippen LogP contribution in [0.4, 0.5) is 0 Å². The number of hydrogen-bond acceptors (Lipinski definition) is 4. The average Bonchev–Trinajstić information content (AvgIpc) is 2.13. The van der Waals surface area contributed by atoms with Crippen molar-refractivity contribution >= 4 is 5.97 Å². The predicted octanol–water partition coefficient (Wildman–Crippen LogP) is 0.438. The zero-order valence-electron chi connectivity index (χ0n) is 11.0. The Morgan fingerprint density at radius 2 is 1.59 bits per heavy atom. The van der Waals surface area contributed by atoms with Crippen molar-refractivity contribution in [2.75, 3.05) is 0 Å². The first-order chi connectivity index (χ1) is 7.68. The van der Waals surface area contributed by atoms with E-state index in [4.69, 9.17) is 10.8 Å². The van der Waals surface area contributed by atoms with Gasteiger partial charge in [0.25, 0.3) is 0 Å². The Kier molecular flexibility index (Phi) is 6.67. The van der Waals surface area contributed by atoms with Crippen LogP contribution in [-0.4, -0.2) is 39.5 Å². The molecule has 0 aliphatic carbocycles. The lowest BCUT2D eigenvalue weighted by molar-refractivity contribution is -0.152. The van der Waals surface area contributed by atoms with E-state index in [0.717, 1.165) is 0 Å². The van der Waals surface area contributed by atoms with Crippen LogP contribution < -0.4 is 5.73 Å². The van der Waals surface area contributed by atoms with E-state index < -0.39 is 30.1 Å². The van der Waals surface area contributed by atoms with Gasteiger partial charge in [-0.25, -0.2) is 0 Å². The van der Waals surface area contributed by atoms with Gasteiger partial charge in [0.05, 0.1) is 18.1 Å². The number of carboxylic acids is 1. The Morgan fingerprint density at radius 3 is 1.88 bits per heavy atom. The standard InChI is InChI=1S/C12H25NO4/c1-6(2)5-8(13)10(14)11(15)9(7(3)4)12(16)17/h6-11,14-15H,5,13H2,1-4H3,(H,16,17)/t8-,9+,10+,11+/m0/s1. The molecule has 0 saturated heterocycles. The molecule has 5 heteroatoms. The zero-order valence-corrected chi connectivity index (χ0v) is 11.0. The molecule has 0 spiro atoms. The van der Waals surface area contributed by atoms with E-state index in [0.29, 0.717) is 6.42 Å². The number of nitrogens with two attached hydrogens (primary N) is 1. The van der Waals surface area contributed by atoms with Gasteiger partial charge in [-0.05, 0) is 18.3 Å². The second kappa shape index (κ2) is 6.93. The van der Waals surface area contributed by atoms with Gasteiger partial charge in [0.1, 0.15) is 0 Å². The topological polar surface area (TPSA) is 104 Å². The highest BCUT2D eigenvalue weighted by atomic mass is 16.4. The highest BCUT2D eigenvalue weighted by molar-refractivity contribution is 5.71. The largest absolute Gasteiger partial charge is 0.481 e. The molecule has 0 bridgehead atoms. The second-order valence-electron chi connectivity index (χ2n) is 5.38. The number of aliphatic carboxylic acids is 1. The smallest absolute Gasteiger partial charge is 0.309 e. The zero-order chi connectivity index (χ0) is 13.7. The van der Waals surface area contributed by atoms with Crippen molar-refractivity contribution < 1.29 is 20.1 Å². The summed E-state index contributed by atoms with van der Waals surface area (Å²) in [7, 11) is 0. The van der Waals surface area contributed by atoms with Gasteiger partial charge >= 0.3 is 5.97 Å². The number of rotatable bonds is 7. The Hall–Kier alpha value is -0.650. The molecular weight excluding hydrogens is 222 g/mol. The third-order valence-corrected chi connectivity index (χ3v) is 2.90. The van der Waals surface area contributed by atoms with Crippen molar-refractivity contribution in [1.82, 2.24) is 0 Å². The summed E-state index contributed by atoms with van der Waals surface area (Å²) in [5.41, 5.74) is 5.75. The number of carboxylic acid groups (broad SMARTS) is 1. The fourth-order valence-electron chi connectivity index (χ4n) is 1.98. The Balaban J connectivity index is 4.65. The maximum Gasteiger partial charge on any atom is 0.309 e. The van der Waals surface area contributed by atoms with Crippen molar-refractivity contribution in [2.24, 2.45) is 23.5 Å². The van der Waals surface area contributed by atoms with Gasteiger partial charge in [0.2, 0.25) is 0 Å². The molecule has 0 heterocycles. The van der Waals surface area contributed by atoms with Gasteiger partial charge in [-0.2, -0.15) is 0 Å². The van der Waals surface area contributed by atoms with Crippen LogP contribution in [0.15, 0.2) is 0 Å². The van der Waals surface area contributed by atoms with Crippen molar-refractivity contribution in [1.29, 1.82) is 0 Å². The monoisotopic (exact) mass is 247 g/mol. The molecule has 5 N–H and O–H groups in total. The molecular formula is C12H25NO4. The number of aliphatic hydroxyl groups excluding tert-OH is 2. The van der Waals surface area contributed by atoms with Gasteiger partial charge in [-0.3, -0.25) is 4.79 Å². The maximum atomic E-state index is 11.0.